The molecule has 0 aromatic carbocycles. The molecule has 0 amide bonds. The molecular weight excluding hydrogens is 220 g/mol. The van der Waals surface area contributed by atoms with Gasteiger partial charge in [0, 0.05) is 18.3 Å². The molecule has 0 aromatic heterocycles. The molecule has 0 aromatic rings. The fourth-order valence-corrected chi connectivity index (χ4v) is 2.15. The summed E-state index contributed by atoms with van der Waals surface area (Å²) < 4.78 is 5.16. The molecule has 0 bridgehead atoms. The second-order valence-electron chi connectivity index (χ2n) is 4.89. The molecule has 3 unspecified atom stereocenters. The highest BCUT2D eigenvalue weighted by atomic mass is 16.5. The molecule has 1 aliphatic rings. The highest BCUT2D eigenvalue weighted by molar-refractivity contribution is 5.81. The zero-order valence-corrected chi connectivity index (χ0v) is 10.6. The zero-order valence-electron chi connectivity index (χ0n) is 10.6. The van der Waals surface area contributed by atoms with E-state index in [1.54, 1.807) is 0 Å². The highest BCUT2D eigenvalue weighted by Crippen LogP contribution is 2.27. The lowest BCUT2D eigenvalue weighted by Gasteiger charge is -2.19. The predicted molar refractivity (Wildman–Crippen MR) is 63.4 cm³/mol. The first kappa shape index (κ1) is 14.2. The van der Waals surface area contributed by atoms with Crippen molar-refractivity contribution in [3.05, 3.63) is 0 Å². The van der Waals surface area contributed by atoms with E-state index in [1.165, 1.54) is 0 Å². The van der Waals surface area contributed by atoms with Gasteiger partial charge < -0.3 is 9.84 Å². The van der Waals surface area contributed by atoms with Crippen molar-refractivity contribution in [3.8, 4) is 0 Å². The molecule has 1 heterocycles. The van der Waals surface area contributed by atoms with Crippen LogP contribution >= 0.6 is 0 Å². The van der Waals surface area contributed by atoms with Crippen LogP contribution in [0.2, 0.25) is 0 Å². The third kappa shape index (κ3) is 4.11. The van der Waals surface area contributed by atoms with Crippen molar-refractivity contribution in [2.45, 2.75) is 52.1 Å². The van der Waals surface area contributed by atoms with E-state index in [0.29, 0.717) is 19.3 Å². The lowest BCUT2D eigenvalue weighted by atomic mass is 9.90. The number of unbranched alkanes of at least 4 members (excludes halogenated alkanes) is 1. The van der Waals surface area contributed by atoms with Crippen molar-refractivity contribution in [3.63, 3.8) is 0 Å². The lowest BCUT2D eigenvalue weighted by Crippen LogP contribution is -2.26. The van der Waals surface area contributed by atoms with E-state index in [9.17, 15) is 14.7 Å². The molecule has 98 valence electrons. The maximum atomic E-state index is 11.8. The Balaban J connectivity index is 2.46. The SMILES string of the molecule is CCCCC(=O)C(CO)CC1OC(=O)CC1C. The zero-order chi connectivity index (χ0) is 12.8. The highest BCUT2D eigenvalue weighted by Gasteiger charge is 2.34. The van der Waals surface area contributed by atoms with E-state index < -0.39 is 0 Å². The van der Waals surface area contributed by atoms with Crippen LogP contribution in [0, 0.1) is 11.8 Å². The summed E-state index contributed by atoms with van der Waals surface area (Å²) in [7, 11) is 0. The number of aliphatic hydroxyl groups is 1. The van der Waals surface area contributed by atoms with Crippen molar-refractivity contribution in [1.29, 1.82) is 0 Å². The normalized spacial score (nSPS) is 25.7. The van der Waals surface area contributed by atoms with Crippen LogP contribution in [0.1, 0.15) is 46.0 Å². The van der Waals surface area contributed by atoms with Gasteiger partial charge in [-0.1, -0.05) is 20.3 Å². The summed E-state index contributed by atoms with van der Waals surface area (Å²) in [4.78, 5) is 22.9. The predicted octanol–water partition coefficient (Wildman–Crippen LogP) is 1.70. The Morgan fingerprint density at radius 2 is 2.29 bits per heavy atom. The van der Waals surface area contributed by atoms with Gasteiger partial charge in [-0.3, -0.25) is 9.59 Å². The molecule has 3 atom stereocenters. The standard InChI is InChI=1S/C13H22O4/c1-3-4-5-11(15)10(8-14)7-12-9(2)6-13(16)17-12/h9-10,12,14H,3-8H2,1-2H3. The second-order valence-corrected chi connectivity index (χ2v) is 4.89. The van der Waals surface area contributed by atoms with Gasteiger partial charge in [-0.05, 0) is 12.8 Å². The summed E-state index contributed by atoms with van der Waals surface area (Å²) >= 11 is 0. The van der Waals surface area contributed by atoms with Gasteiger partial charge >= 0.3 is 5.97 Å². The van der Waals surface area contributed by atoms with Crippen LogP contribution in [0.25, 0.3) is 0 Å². The van der Waals surface area contributed by atoms with Gasteiger partial charge in [0.1, 0.15) is 11.9 Å². The Kier molecular flexibility index (Phi) is 5.62. The van der Waals surface area contributed by atoms with Crippen molar-refractivity contribution in [2.75, 3.05) is 6.61 Å². The number of aliphatic hydroxyl groups excluding tert-OH is 1. The fourth-order valence-electron chi connectivity index (χ4n) is 2.15. The monoisotopic (exact) mass is 242 g/mol. The maximum Gasteiger partial charge on any atom is 0.306 e. The first-order valence-electron chi connectivity index (χ1n) is 6.41. The Morgan fingerprint density at radius 1 is 1.59 bits per heavy atom. The number of carbonyl (C=O) groups is 2. The fraction of sp³-hybridized carbons (Fsp3) is 0.846. The molecule has 1 aliphatic heterocycles. The molecule has 0 aliphatic carbocycles. The number of hydrogen-bond donors (Lipinski definition) is 1. The second kappa shape index (κ2) is 6.74. The Labute approximate surface area is 102 Å². The quantitative estimate of drug-likeness (QED) is 0.690. The molecule has 1 N–H and O–H groups in total. The third-order valence-corrected chi connectivity index (χ3v) is 3.38. The Hall–Kier alpha value is -0.900. The molecule has 0 saturated carbocycles. The van der Waals surface area contributed by atoms with Crippen LogP contribution in [0.15, 0.2) is 0 Å². The van der Waals surface area contributed by atoms with E-state index in [-0.39, 0.29) is 36.3 Å². The van der Waals surface area contributed by atoms with Crippen molar-refractivity contribution >= 4 is 11.8 Å². The molecule has 0 radical (unpaired) electrons. The smallest absolute Gasteiger partial charge is 0.306 e. The Bertz CT molecular complexity index is 275. The van der Waals surface area contributed by atoms with Crippen molar-refractivity contribution in [2.24, 2.45) is 11.8 Å². The number of rotatable bonds is 7. The van der Waals surface area contributed by atoms with Crippen LogP contribution in [-0.4, -0.2) is 29.6 Å². The minimum atomic E-state index is -0.375. The van der Waals surface area contributed by atoms with Gasteiger partial charge in [0.25, 0.3) is 0 Å². The molecule has 1 rings (SSSR count). The Morgan fingerprint density at radius 3 is 2.76 bits per heavy atom. The van der Waals surface area contributed by atoms with Gasteiger partial charge in [0.15, 0.2) is 0 Å². The molecular formula is C13H22O4. The molecule has 4 heteroatoms. The summed E-state index contributed by atoms with van der Waals surface area (Å²) in [6, 6.07) is 0. The first-order valence-corrected chi connectivity index (χ1v) is 6.41. The molecule has 0 spiro atoms. The topological polar surface area (TPSA) is 63.6 Å². The van der Waals surface area contributed by atoms with E-state index in [2.05, 4.69) is 0 Å². The largest absolute Gasteiger partial charge is 0.462 e. The number of ether oxygens (including phenoxy) is 1. The molecule has 4 nitrogen and oxygen atoms in total. The van der Waals surface area contributed by atoms with Gasteiger partial charge in [0.05, 0.1) is 13.0 Å². The van der Waals surface area contributed by atoms with Gasteiger partial charge in [-0.2, -0.15) is 0 Å². The van der Waals surface area contributed by atoms with Crippen LogP contribution in [-0.2, 0) is 14.3 Å². The van der Waals surface area contributed by atoms with E-state index >= 15 is 0 Å². The lowest BCUT2D eigenvalue weighted by molar-refractivity contribution is -0.143. The van der Waals surface area contributed by atoms with Crippen LogP contribution in [0.4, 0.5) is 0 Å². The molecule has 17 heavy (non-hydrogen) atoms. The van der Waals surface area contributed by atoms with E-state index in [4.69, 9.17) is 4.74 Å². The minimum Gasteiger partial charge on any atom is -0.462 e. The van der Waals surface area contributed by atoms with Gasteiger partial charge in [-0.15, -0.1) is 0 Å². The summed E-state index contributed by atoms with van der Waals surface area (Å²) in [5.41, 5.74) is 0. The van der Waals surface area contributed by atoms with Crippen LogP contribution in [0.5, 0.6) is 0 Å². The summed E-state index contributed by atoms with van der Waals surface area (Å²) in [5, 5.41) is 9.25. The van der Waals surface area contributed by atoms with Crippen LogP contribution in [0.3, 0.4) is 0 Å². The van der Waals surface area contributed by atoms with Crippen LogP contribution < -0.4 is 0 Å². The van der Waals surface area contributed by atoms with Crippen molar-refractivity contribution in [1.82, 2.24) is 0 Å². The van der Waals surface area contributed by atoms with E-state index in [1.807, 2.05) is 13.8 Å². The number of carbonyl (C=O) groups excluding carboxylic acids is 2. The number of esters is 1. The third-order valence-electron chi connectivity index (χ3n) is 3.38. The van der Waals surface area contributed by atoms with Gasteiger partial charge in [-0.25, -0.2) is 0 Å². The molecule has 1 fully saturated rings. The number of ketones is 1. The number of hydrogen-bond acceptors (Lipinski definition) is 4. The molecule has 1 saturated heterocycles. The van der Waals surface area contributed by atoms with Crippen molar-refractivity contribution < 1.29 is 19.4 Å². The average molecular weight is 242 g/mol. The number of Topliss-reactive ketones (excluding diaryl/α,β-unsaturated/α-hetero) is 1. The average Bonchev–Trinajstić information content (AvgIpc) is 2.61. The van der Waals surface area contributed by atoms with E-state index in [0.717, 1.165) is 12.8 Å². The summed E-state index contributed by atoms with van der Waals surface area (Å²) in [6.45, 7) is 3.83. The summed E-state index contributed by atoms with van der Waals surface area (Å²) in [5.74, 6) is -0.333. The summed E-state index contributed by atoms with van der Waals surface area (Å²) in [6.07, 6.45) is 3.02. The number of cyclic esters (lactones) is 1. The minimum absolute atomic E-state index is 0.0875. The first-order chi connectivity index (χ1) is 8.08. The van der Waals surface area contributed by atoms with Gasteiger partial charge in [0.2, 0.25) is 0 Å². The maximum absolute atomic E-state index is 11.8.